The predicted octanol–water partition coefficient (Wildman–Crippen LogP) is -1.81. The molecule has 3 N–H and O–H groups in total. The van der Waals surface area contributed by atoms with Gasteiger partial charge < -0.3 is 20.3 Å². The Hall–Kier alpha value is -2.01. The van der Waals surface area contributed by atoms with Gasteiger partial charge in [-0.05, 0) is 26.0 Å². The van der Waals surface area contributed by atoms with Gasteiger partial charge in [0.2, 0.25) is 10.0 Å². The van der Waals surface area contributed by atoms with E-state index in [4.69, 9.17) is 4.74 Å². The highest BCUT2D eigenvalue weighted by molar-refractivity contribution is 7.89. The number of rotatable bonds is 9. The summed E-state index contributed by atoms with van der Waals surface area (Å²) in [6, 6.07) is 8.04. The van der Waals surface area contributed by atoms with Crippen LogP contribution in [0.3, 0.4) is 0 Å². The molecule has 9 nitrogen and oxygen atoms in total. The van der Waals surface area contributed by atoms with Gasteiger partial charge in [-0.1, -0.05) is 18.2 Å². The molecule has 10 heteroatoms. The number of benzene rings is 1. The molecule has 1 saturated heterocycles. The first-order valence-electron chi connectivity index (χ1n) is 9.48. The Morgan fingerprint density at radius 1 is 1.14 bits per heavy atom. The fraction of sp³-hybridized carbons (Fsp3) is 0.556. The topological polar surface area (TPSA) is 109 Å². The largest absolute Gasteiger partial charge is 0.359 e. The lowest BCUT2D eigenvalue weighted by molar-refractivity contribution is -0.895. The highest BCUT2D eigenvalue weighted by Gasteiger charge is 2.36. The maximum absolute atomic E-state index is 12.7. The molecule has 0 bridgehead atoms. The van der Waals surface area contributed by atoms with E-state index < -0.39 is 28.1 Å². The van der Waals surface area contributed by atoms with Gasteiger partial charge >= 0.3 is 11.8 Å². The number of ether oxygens (including phenoxy) is 1. The molecule has 1 fully saturated rings. The summed E-state index contributed by atoms with van der Waals surface area (Å²) in [5.41, 5.74) is 0. The van der Waals surface area contributed by atoms with E-state index in [9.17, 15) is 18.0 Å². The van der Waals surface area contributed by atoms with Crippen molar-refractivity contribution in [2.24, 2.45) is 0 Å². The molecule has 1 aromatic rings. The van der Waals surface area contributed by atoms with E-state index in [1.54, 1.807) is 18.2 Å². The molecular formula is C18H29N4O5S+. The third-order valence-corrected chi connectivity index (χ3v) is 6.60. The minimum atomic E-state index is -3.73. The molecule has 2 rings (SSSR count). The van der Waals surface area contributed by atoms with Crippen molar-refractivity contribution < 1.29 is 27.6 Å². The Bertz CT molecular complexity index is 752. The summed E-state index contributed by atoms with van der Waals surface area (Å²) in [6.07, 6.45) is -0.845. The van der Waals surface area contributed by atoms with Gasteiger partial charge in [0, 0.05) is 6.54 Å². The van der Waals surface area contributed by atoms with E-state index in [2.05, 4.69) is 24.5 Å². The van der Waals surface area contributed by atoms with Gasteiger partial charge in [0.25, 0.3) is 0 Å². The molecule has 1 aliphatic heterocycles. The standard InChI is InChI=1S/C18H28N4O5S/c1-3-21(4-2)11-10-19-17(23)18(24)20-14-16-22(12-13-27-16)28(25,26)15-8-6-5-7-9-15/h5-9,16H,3-4,10-14H2,1-2H3,(H,19,23)(H,20,24)/p+1/t16-/m1/s1. The van der Waals surface area contributed by atoms with Crippen LogP contribution in [0, 0.1) is 0 Å². The van der Waals surface area contributed by atoms with Crippen LogP contribution in [-0.4, -0.2) is 76.6 Å². The van der Waals surface area contributed by atoms with Gasteiger partial charge in [0.05, 0.1) is 44.2 Å². The van der Waals surface area contributed by atoms with Crippen molar-refractivity contribution in [3.8, 4) is 0 Å². The monoisotopic (exact) mass is 413 g/mol. The van der Waals surface area contributed by atoms with Crippen molar-refractivity contribution in [3.63, 3.8) is 0 Å². The summed E-state index contributed by atoms with van der Waals surface area (Å²) >= 11 is 0. The molecule has 156 valence electrons. The smallest absolute Gasteiger partial charge is 0.309 e. The van der Waals surface area contributed by atoms with E-state index in [1.807, 2.05) is 0 Å². The second kappa shape index (κ2) is 10.5. The van der Waals surface area contributed by atoms with Crippen molar-refractivity contribution in [1.82, 2.24) is 14.9 Å². The van der Waals surface area contributed by atoms with Crippen LogP contribution in [0.5, 0.6) is 0 Å². The first-order chi connectivity index (χ1) is 13.4. The highest BCUT2D eigenvalue weighted by Crippen LogP contribution is 2.21. The maximum Gasteiger partial charge on any atom is 0.309 e. The third-order valence-electron chi connectivity index (χ3n) is 4.70. The molecular weight excluding hydrogens is 384 g/mol. The fourth-order valence-electron chi connectivity index (χ4n) is 2.97. The molecule has 1 aliphatic rings. The Kier molecular flexibility index (Phi) is 8.36. The zero-order valence-electron chi connectivity index (χ0n) is 16.3. The van der Waals surface area contributed by atoms with Crippen LogP contribution < -0.4 is 15.5 Å². The summed E-state index contributed by atoms with van der Waals surface area (Å²) < 4.78 is 32.1. The number of hydrogen-bond donors (Lipinski definition) is 3. The normalized spacial score (nSPS) is 17.6. The summed E-state index contributed by atoms with van der Waals surface area (Å²) in [5, 5.41) is 5.03. The van der Waals surface area contributed by atoms with Crippen LogP contribution in [0.15, 0.2) is 35.2 Å². The van der Waals surface area contributed by atoms with Crippen molar-refractivity contribution in [1.29, 1.82) is 0 Å². The molecule has 0 unspecified atom stereocenters. The highest BCUT2D eigenvalue weighted by atomic mass is 32.2. The zero-order valence-corrected chi connectivity index (χ0v) is 17.1. The number of nitrogens with zero attached hydrogens (tertiary/aromatic N) is 1. The average Bonchev–Trinajstić information content (AvgIpc) is 3.19. The zero-order chi connectivity index (χ0) is 20.6. The van der Waals surface area contributed by atoms with Gasteiger partial charge in [0.15, 0.2) is 0 Å². The average molecular weight is 414 g/mol. The predicted molar refractivity (Wildman–Crippen MR) is 103 cm³/mol. The van der Waals surface area contributed by atoms with Gasteiger partial charge in [-0.3, -0.25) is 9.59 Å². The number of quaternary nitrogens is 1. The van der Waals surface area contributed by atoms with E-state index in [-0.39, 0.29) is 24.6 Å². The lowest BCUT2D eigenvalue weighted by atomic mass is 10.4. The number of carbonyl (C=O) groups is 2. The molecule has 0 aliphatic carbocycles. The van der Waals surface area contributed by atoms with Crippen molar-refractivity contribution in [3.05, 3.63) is 30.3 Å². The van der Waals surface area contributed by atoms with Crippen LogP contribution in [0.4, 0.5) is 0 Å². The van der Waals surface area contributed by atoms with Crippen LogP contribution in [0.2, 0.25) is 0 Å². The maximum atomic E-state index is 12.7. The number of sulfonamides is 1. The molecule has 1 aromatic carbocycles. The molecule has 1 heterocycles. The summed E-state index contributed by atoms with van der Waals surface area (Å²) in [4.78, 5) is 25.4. The Morgan fingerprint density at radius 3 is 2.43 bits per heavy atom. The third kappa shape index (κ3) is 5.74. The van der Waals surface area contributed by atoms with Crippen LogP contribution in [-0.2, 0) is 24.3 Å². The lowest BCUT2D eigenvalue weighted by Gasteiger charge is -2.22. The summed E-state index contributed by atoms with van der Waals surface area (Å²) in [6.45, 7) is 7.47. The molecule has 2 amide bonds. The second-order valence-electron chi connectivity index (χ2n) is 6.43. The van der Waals surface area contributed by atoms with Gasteiger partial charge in [0.1, 0.15) is 6.23 Å². The molecule has 28 heavy (non-hydrogen) atoms. The van der Waals surface area contributed by atoms with E-state index in [0.717, 1.165) is 19.6 Å². The Labute approximate surface area is 166 Å². The minimum absolute atomic E-state index is 0.0976. The number of nitrogens with one attached hydrogen (secondary N) is 3. The summed E-state index contributed by atoms with van der Waals surface area (Å²) in [5.74, 6) is -1.54. The van der Waals surface area contributed by atoms with Gasteiger partial charge in [-0.25, -0.2) is 8.42 Å². The lowest BCUT2D eigenvalue weighted by Crippen LogP contribution is -3.12. The summed E-state index contributed by atoms with van der Waals surface area (Å²) in [7, 11) is -3.73. The van der Waals surface area contributed by atoms with Gasteiger partial charge in [-0.15, -0.1) is 0 Å². The number of amides is 2. The van der Waals surface area contributed by atoms with Crippen molar-refractivity contribution in [2.45, 2.75) is 25.0 Å². The van der Waals surface area contributed by atoms with Crippen LogP contribution in [0.25, 0.3) is 0 Å². The molecule has 0 spiro atoms. The quantitative estimate of drug-likeness (QED) is 0.414. The molecule has 0 aromatic heterocycles. The fourth-order valence-corrected chi connectivity index (χ4v) is 4.50. The first kappa shape index (κ1) is 22.3. The number of hydrogen-bond acceptors (Lipinski definition) is 5. The first-order valence-corrected chi connectivity index (χ1v) is 10.9. The molecule has 1 atom stereocenters. The van der Waals surface area contributed by atoms with Crippen LogP contribution in [0.1, 0.15) is 13.8 Å². The van der Waals surface area contributed by atoms with E-state index >= 15 is 0 Å². The number of carbonyl (C=O) groups excluding carboxylic acids is 2. The van der Waals surface area contributed by atoms with Crippen LogP contribution >= 0.6 is 0 Å². The molecule has 0 radical (unpaired) electrons. The number of likely N-dealkylation sites (N-methyl/N-ethyl adjacent to an activating group) is 1. The SMILES string of the molecule is CC[NH+](CC)CCNC(=O)C(=O)NC[C@H]1OCCN1S(=O)(=O)c1ccccc1. The van der Waals surface area contributed by atoms with E-state index in [1.165, 1.54) is 21.3 Å². The van der Waals surface area contributed by atoms with Crippen molar-refractivity contribution in [2.75, 3.05) is 45.9 Å². The minimum Gasteiger partial charge on any atom is -0.359 e. The Morgan fingerprint density at radius 2 is 1.79 bits per heavy atom. The van der Waals surface area contributed by atoms with Crippen molar-refractivity contribution >= 4 is 21.8 Å². The Balaban J connectivity index is 1.86. The van der Waals surface area contributed by atoms with Gasteiger partial charge in [-0.2, -0.15) is 4.31 Å². The van der Waals surface area contributed by atoms with E-state index in [0.29, 0.717) is 6.54 Å². The second-order valence-corrected chi connectivity index (χ2v) is 8.32. The molecule has 0 saturated carbocycles.